The van der Waals surface area contributed by atoms with Crippen LogP contribution in [-0.2, 0) is 11.5 Å². The average Bonchev–Trinajstić information content (AvgIpc) is 3.27. The Morgan fingerprint density at radius 3 is 2.76 bits per heavy atom. The van der Waals surface area contributed by atoms with Crippen molar-refractivity contribution in [1.29, 1.82) is 0 Å². The number of benzene rings is 1. The summed E-state index contributed by atoms with van der Waals surface area (Å²) >= 11 is 9.05. The molecule has 128 valence electrons. The third kappa shape index (κ3) is 3.10. The number of thiophene rings is 1. The zero-order chi connectivity index (χ0) is 17.6. The van der Waals surface area contributed by atoms with Gasteiger partial charge in [-0.1, -0.05) is 17.7 Å². The van der Waals surface area contributed by atoms with E-state index in [9.17, 15) is 4.79 Å². The van der Waals surface area contributed by atoms with Gasteiger partial charge in [0.05, 0.1) is 20.6 Å². The fourth-order valence-corrected chi connectivity index (χ4v) is 4.76. The number of carbonyl (C=O) groups is 1. The van der Waals surface area contributed by atoms with Crippen LogP contribution in [0.15, 0.2) is 30.3 Å². The second kappa shape index (κ2) is 6.52. The molecule has 2 aromatic heterocycles. The van der Waals surface area contributed by atoms with Crippen LogP contribution in [0, 0.1) is 13.8 Å². The number of rotatable bonds is 3. The summed E-state index contributed by atoms with van der Waals surface area (Å²) in [6, 6.07) is 9.70. The molecule has 0 aliphatic carbocycles. The second-order valence-electron chi connectivity index (χ2n) is 6.00. The lowest BCUT2D eigenvalue weighted by molar-refractivity contribution is 0.102. The molecule has 1 aliphatic rings. The molecule has 3 aromatic rings. The van der Waals surface area contributed by atoms with E-state index >= 15 is 0 Å². The molecule has 1 aromatic carbocycles. The van der Waals surface area contributed by atoms with Crippen molar-refractivity contribution < 1.29 is 4.79 Å². The minimum Gasteiger partial charge on any atom is -0.305 e. The van der Waals surface area contributed by atoms with Gasteiger partial charge >= 0.3 is 0 Å². The fraction of sp³-hybridized carbons (Fsp3) is 0.222. The predicted molar refractivity (Wildman–Crippen MR) is 105 cm³/mol. The Hall–Kier alpha value is -1.76. The first-order valence-electron chi connectivity index (χ1n) is 7.86. The summed E-state index contributed by atoms with van der Waals surface area (Å²) in [6.07, 6.45) is 0. The van der Waals surface area contributed by atoms with Gasteiger partial charge in [-0.3, -0.25) is 4.79 Å². The van der Waals surface area contributed by atoms with Gasteiger partial charge in [0.15, 0.2) is 0 Å². The number of carbonyl (C=O) groups excluding carboxylic acids is 1. The maximum Gasteiger partial charge on any atom is 0.266 e. The summed E-state index contributed by atoms with van der Waals surface area (Å²) in [5.74, 6) is 2.35. The van der Waals surface area contributed by atoms with Gasteiger partial charge in [0.1, 0.15) is 5.82 Å². The van der Waals surface area contributed by atoms with Crippen LogP contribution in [0.1, 0.15) is 32.1 Å². The minimum absolute atomic E-state index is 0.151. The maximum atomic E-state index is 12.6. The fourth-order valence-electron chi connectivity index (χ4n) is 2.79. The lowest BCUT2D eigenvalue weighted by atomic mass is 10.1. The smallest absolute Gasteiger partial charge is 0.266 e. The first-order valence-corrected chi connectivity index (χ1v) is 10.2. The molecule has 0 unspecified atom stereocenters. The van der Waals surface area contributed by atoms with E-state index in [1.165, 1.54) is 22.5 Å². The van der Waals surface area contributed by atoms with E-state index < -0.39 is 0 Å². The molecule has 7 heteroatoms. The van der Waals surface area contributed by atoms with Crippen LogP contribution in [-0.4, -0.2) is 15.7 Å². The van der Waals surface area contributed by atoms with Crippen LogP contribution >= 0.6 is 34.7 Å². The highest BCUT2D eigenvalue weighted by atomic mass is 35.5. The molecule has 1 N–H and O–H groups in total. The van der Waals surface area contributed by atoms with Gasteiger partial charge in [-0.2, -0.15) is 16.9 Å². The summed E-state index contributed by atoms with van der Waals surface area (Å²) in [5.41, 5.74) is 5.55. The Kier molecular flexibility index (Phi) is 4.35. The van der Waals surface area contributed by atoms with Crippen LogP contribution in [0.25, 0.3) is 5.69 Å². The molecule has 0 fully saturated rings. The van der Waals surface area contributed by atoms with E-state index in [2.05, 4.69) is 31.3 Å². The Balaban J connectivity index is 1.75. The second-order valence-corrected chi connectivity index (χ2v) is 8.71. The van der Waals surface area contributed by atoms with Gasteiger partial charge in [-0.25, -0.2) is 4.68 Å². The molecule has 0 radical (unpaired) electrons. The largest absolute Gasteiger partial charge is 0.305 e. The number of thioether (sulfide) groups is 1. The number of fused-ring (bicyclic) bond motifs is 1. The van der Waals surface area contributed by atoms with Crippen molar-refractivity contribution in [3.63, 3.8) is 0 Å². The third-order valence-corrected chi connectivity index (χ3v) is 6.52. The molecule has 25 heavy (non-hydrogen) atoms. The number of nitrogens with zero attached hydrogens (tertiary/aromatic N) is 2. The molecular formula is C18H16ClN3OS2. The maximum absolute atomic E-state index is 12.6. The minimum atomic E-state index is -0.151. The Bertz CT molecular complexity index is 977. The normalized spacial score (nSPS) is 13.1. The number of nitrogens with one attached hydrogen (secondary N) is 1. The first-order chi connectivity index (χ1) is 12.0. The molecule has 0 saturated heterocycles. The van der Waals surface area contributed by atoms with E-state index in [1.54, 1.807) is 12.1 Å². The molecule has 0 bridgehead atoms. The van der Waals surface area contributed by atoms with Gasteiger partial charge in [0.2, 0.25) is 0 Å². The van der Waals surface area contributed by atoms with Gasteiger partial charge in [0, 0.05) is 17.1 Å². The SMILES string of the molecule is Cc1ccc(-n2nc3c(c2NC(=O)c2ccc(Cl)s2)CSC3)cc1C. The number of halogens is 1. The van der Waals surface area contributed by atoms with Crippen LogP contribution in [0.2, 0.25) is 4.34 Å². The van der Waals surface area contributed by atoms with Crippen molar-refractivity contribution in [2.75, 3.05) is 5.32 Å². The van der Waals surface area contributed by atoms with Crippen molar-refractivity contribution in [2.45, 2.75) is 25.4 Å². The summed E-state index contributed by atoms with van der Waals surface area (Å²) in [5, 5.41) is 7.80. The zero-order valence-electron chi connectivity index (χ0n) is 13.8. The first kappa shape index (κ1) is 16.7. The van der Waals surface area contributed by atoms with Crippen LogP contribution in [0.3, 0.4) is 0 Å². The highest BCUT2D eigenvalue weighted by molar-refractivity contribution is 7.98. The molecule has 3 heterocycles. The number of hydrogen-bond donors (Lipinski definition) is 1. The van der Waals surface area contributed by atoms with Gasteiger partial charge < -0.3 is 5.32 Å². The highest BCUT2D eigenvalue weighted by Gasteiger charge is 2.25. The van der Waals surface area contributed by atoms with E-state index in [0.717, 1.165) is 34.3 Å². The lowest BCUT2D eigenvalue weighted by Crippen LogP contribution is -2.15. The predicted octanol–water partition coefficient (Wildman–Crippen LogP) is 5.20. The molecule has 0 saturated carbocycles. The topological polar surface area (TPSA) is 46.9 Å². The summed E-state index contributed by atoms with van der Waals surface area (Å²) < 4.78 is 2.46. The summed E-state index contributed by atoms with van der Waals surface area (Å²) in [4.78, 5) is 13.2. The number of aromatic nitrogens is 2. The van der Waals surface area contributed by atoms with Crippen LogP contribution in [0.4, 0.5) is 5.82 Å². The molecule has 4 nitrogen and oxygen atoms in total. The zero-order valence-corrected chi connectivity index (χ0v) is 16.2. The Morgan fingerprint density at radius 2 is 2.04 bits per heavy atom. The van der Waals surface area contributed by atoms with Crippen LogP contribution in [0.5, 0.6) is 0 Å². The van der Waals surface area contributed by atoms with E-state index in [0.29, 0.717) is 9.21 Å². The quantitative estimate of drug-likeness (QED) is 0.669. The van der Waals surface area contributed by atoms with E-state index in [-0.39, 0.29) is 5.91 Å². The van der Waals surface area contributed by atoms with Crippen molar-refractivity contribution in [1.82, 2.24) is 9.78 Å². The standard InChI is InChI=1S/C18H16ClN3OS2/c1-10-3-4-12(7-11(10)2)22-17(13-8-24-9-14(13)21-22)20-18(23)15-5-6-16(19)25-15/h3-7H,8-9H2,1-2H3,(H,20,23). The Labute approximate surface area is 159 Å². The van der Waals surface area contributed by atoms with Crippen molar-refractivity contribution in [2.24, 2.45) is 0 Å². The number of amides is 1. The molecule has 4 rings (SSSR count). The van der Waals surface area contributed by atoms with Gasteiger partial charge in [0.25, 0.3) is 5.91 Å². The summed E-state index contributed by atoms with van der Waals surface area (Å²) in [6.45, 7) is 4.17. The van der Waals surface area contributed by atoms with Crippen molar-refractivity contribution >= 4 is 46.4 Å². The number of hydrogen-bond acceptors (Lipinski definition) is 4. The molecule has 0 atom stereocenters. The third-order valence-electron chi connectivity index (χ3n) is 4.32. The molecular weight excluding hydrogens is 374 g/mol. The molecule has 1 aliphatic heterocycles. The van der Waals surface area contributed by atoms with Gasteiger partial charge in [-0.15, -0.1) is 11.3 Å². The number of aryl methyl sites for hydroxylation is 2. The summed E-state index contributed by atoms with van der Waals surface area (Å²) in [7, 11) is 0. The average molecular weight is 390 g/mol. The monoisotopic (exact) mass is 389 g/mol. The van der Waals surface area contributed by atoms with E-state index in [4.69, 9.17) is 16.7 Å². The lowest BCUT2D eigenvalue weighted by Gasteiger charge is -2.12. The van der Waals surface area contributed by atoms with Gasteiger partial charge in [-0.05, 0) is 49.2 Å². The molecule has 1 amide bonds. The van der Waals surface area contributed by atoms with Crippen molar-refractivity contribution in [3.8, 4) is 5.69 Å². The Morgan fingerprint density at radius 1 is 1.20 bits per heavy atom. The van der Waals surface area contributed by atoms with Crippen molar-refractivity contribution in [3.05, 3.63) is 61.9 Å². The number of anilines is 1. The molecule has 0 spiro atoms. The van der Waals surface area contributed by atoms with E-state index in [1.807, 2.05) is 22.5 Å². The highest BCUT2D eigenvalue weighted by Crippen LogP contribution is 2.36. The van der Waals surface area contributed by atoms with Crippen LogP contribution < -0.4 is 5.32 Å².